The van der Waals surface area contributed by atoms with Gasteiger partial charge in [0.2, 0.25) is 12.2 Å². The Balaban J connectivity index is 3.06. The average Bonchev–Trinajstić information content (AvgIpc) is 2.52. The van der Waals surface area contributed by atoms with Gasteiger partial charge in [0.15, 0.2) is 0 Å². The molecule has 1 aromatic rings. The molecule has 0 aliphatic rings. The van der Waals surface area contributed by atoms with E-state index < -0.39 is 29.7 Å². The number of hydrogen-bond donors (Lipinski definition) is 1. The number of carbonyl (C=O) groups is 2. The van der Waals surface area contributed by atoms with Gasteiger partial charge in [-0.2, -0.15) is 0 Å². The Morgan fingerprint density at radius 1 is 1.19 bits per heavy atom. The lowest BCUT2D eigenvalue weighted by molar-refractivity contribution is -0.133. The molecular formula is C20H29N2O4. The van der Waals surface area contributed by atoms with Crippen molar-refractivity contribution in [2.45, 2.75) is 65.1 Å². The quantitative estimate of drug-likeness (QED) is 0.806. The zero-order valence-corrected chi connectivity index (χ0v) is 16.2. The van der Waals surface area contributed by atoms with Crippen molar-refractivity contribution < 1.29 is 19.1 Å². The van der Waals surface area contributed by atoms with E-state index >= 15 is 0 Å². The number of ether oxygens (including phenoxy) is 1. The van der Waals surface area contributed by atoms with Crippen LogP contribution in [0, 0.1) is 5.92 Å². The molecule has 0 heterocycles. The number of nitrogens with zero attached hydrogens (tertiary/aromatic N) is 1. The van der Waals surface area contributed by atoms with Crippen molar-refractivity contribution in [1.29, 1.82) is 0 Å². The van der Waals surface area contributed by atoms with Crippen LogP contribution >= 0.6 is 0 Å². The molecule has 1 radical (unpaired) electrons. The number of amides is 2. The minimum Gasteiger partial charge on any atom is -0.443 e. The number of carbonyl (C=O) groups excluding carboxylic acids is 3. The molecule has 2 atom stereocenters. The zero-order chi connectivity index (χ0) is 19.9. The summed E-state index contributed by atoms with van der Waals surface area (Å²) in [5, 5.41) is 0. The van der Waals surface area contributed by atoms with Gasteiger partial charge in [-0.1, -0.05) is 44.2 Å². The summed E-state index contributed by atoms with van der Waals surface area (Å²) < 4.78 is 5.32. The predicted molar refractivity (Wildman–Crippen MR) is 100 cm³/mol. The van der Waals surface area contributed by atoms with Crippen molar-refractivity contribution >= 4 is 18.3 Å². The Kier molecular flexibility index (Phi) is 7.96. The Hall–Kier alpha value is -2.21. The highest BCUT2D eigenvalue weighted by Crippen LogP contribution is 2.17. The van der Waals surface area contributed by atoms with Crippen molar-refractivity contribution in [2.75, 3.05) is 0 Å². The molecule has 0 fully saturated rings. The van der Waals surface area contributed by atoms with Gasteiger partial charge in [-0.05, 0) is 45.1 Å². The van der Waals surface area contributed by atoms with E-state index in [0.29, 0.717) is 6.42 Å². The Bertz CT molecular complexity index is 608. The fourth-order valence-electron chi connectivity index (χ4n) is 2.47. The smallest absolute Gasteiger partial charge is 0.417 e. The number of hydrogen-bond acceptors (Lipinski definition) is 5. The SMILES string of the molecule is CC(C)C[C@@H]([C]=O)N(C(=O)OC(C)(C)C)C(=O)[C@@H](N)Cc1ccccc1. The first-order valence-electron chi connectivity index (χ1n) is 8.78. The molecule has 26 heavy (non-hydrogen) atoms. The third-order valence-corrected chi connectivity index (χ3v) is 3.59. The van der Waals surface area contributed by atoms with Crippen LogP contribution in [0.25, 0.3) is 0 Å². The number of rotatable bonds is 7. The van der Waals surface area contributed by atoms with E-state index in [4.69, 9.17) is 10.5 Å². The van der Waals surface area contributed by atoms with Crippen LogP contribution in [-0.4, -0.2) is 40.9 Å². The van der Waals surface area contributed by atoms with Crippen LogP contribution in [0.2, 0.25) is 0 Å². The molecular weight excluding hydrogens is 332 g/mol. The predicted octanol–water partition coefficient (Wildman–Crippen LogP) is 2.84. The van der Waals surface area contributed by atoms with Crippen LogP contribution < -0.4 is 5.73 Å². The van der Waals surface area contributed by atoms with Gasteiger partial charge in [0.25, 0.3) is 0 Å². The van der Waals surface area contributed by atoms with Gasteiger partial charge in [-0.25, -0.2) is 9.69 Å². The first-order valence-corrected chi connectivity index (χ1v) is 8.78. The molecule has 0 bridgehead atoms. The summed E-state index contributed by atoms with van der Waals surface area (Å²) in [6, 6.07) is 7.26. The van der Waals surface area contributed by atoms with Crippen LogP contribution in [0.1, 0.15) is 46.6 Å². The van der Waals surface area contributed by atoms with E-state index in [1.165, 1.54) is 0 Å². The second-order valence-electron chi connectivity index (χ2n) is 7.75. The molecule has 143 valence electrons. The molecule has 2 N–H and O–H groups in total. The van der Waals surface area contributed by atoms with E-state index in [1.54, 1.807) is 27.1 Å². The van der Waals surface area contributed by atoms with Gasteiger partial charge >= 0.3 is 6.09 Å². The molecule has 6 nitrogen and oxygen atoms in total. The number of nitrogens with two attached hydrogens (primary N) is 1. The summed E-state index contributed by atoms with van der Waals surface area (Å²) in [4.78, 5) is 37.8. The molecule has 2 amide bonds. The van der Waals surface area contributed by atoms with E-state index in [1.807, 2.05) is 44.2 Å². The molecule has 0 aliphatic heterocycles. The summed E-state index contributed by atoms with van der Waals surface area (Å²) in [6.07, 6.45) is 1.48. The van der Waals surface area contributed by atoms with Crippen LogP contribution in [-0.2, 0) is 20.7 Å². The maximum Gasteiger partial charge on any atom is 0.417 e. The monoisotopic (exact) mass is 361 g/mol. The van der Waals surface area contributed by atoms with Gasteiger partial charge in [0.1, 0.15) is 11.6 Å². The summed E-state index contributed by atoms with van der Waals surface area (Å²) in [5.41, 5.74) is 6.11. The maximum absolute atomic E-state index is 12.9. The van der Waals surface area contributed by atoms with Crippen molar-refractivity contribution in [2.24, 2.45) is 11.7 Å². The van der Waals surface area contributed by atoms with E-state index in [-0.39, 0.29) is 12.3 Å². The van der Waals surface area contributed by atoms with Gasteiger partial charge in [0.05, 0.1) is 6.04 Å². The first kappa shape index (κ1) is 21.8. The molecule has 0 unspecified atom stereocenters. The van der Waals surface area contributed by atoms with Crippen molar-refractivity contribution in [3.05, 3.63) is 35.9 Å². The third-order valence-electron chi connectivity index (χ3n) is 3.59. The maximum atomic E-state index is 12.9. The molecule has 1 rings (SSSR count). The van der Waals surface area contributed by atoms with Gasteiger partial charge in [0, 0.05) is 0 Å². The zero-order valence-electron chi connectivity index (χ0n) is 16.2. The largest absolute Gasteiger partial charge is 0.443 e. The van der Waals surface area contributed by atoms with Gasteiger partial charge in [-0.15, -0.1) is 0 Å². The lowest BCUT2D eigenvalue weighted by Crippen LogP contribution is -2.54. The average molecular weight is 361 g/mol. The minimum atomic E-state index is -1.03. The van der Waals surface area contributed by atoms with Crippen molar-refractivity contribution in [1.82, 2.24) is 4.90 Å². The van der Waals surface area contributed by atoms with Crippen LogP contribution in [0.5, 0.6) is 0 Å². The minimum absolute atomic E-state index is 0.0875. The molecule has 1 aromatic carbocycles. The summed E-state index contributed by atoms with van der Waals surface area (Å²) in [7, 11) is 0. The summed E-state index contributed by atoms with van der Waals surface area (Å²) in [5.74, 6) is -0.554. The van der Waals surface area contributed by atoms with Gasteiger partial charge in [-0.3, -0.25) is 9.59 Å². The van der Waals surface area contributed by atoms with Gasteiger partial charge < -0.3 is 10.5 Å². The Morgan fingerprint density at radius 2 is 1.77 bits per heavy atom. The summed E-state index contributed by atoms with van der Waals surface area (Å²) >= 11 is 0. The molecule has 0 saturated heterocycles. The second kappa shape index (κ2) is 9.48. The fourth-order valence-corrected chi connectivity index (χ4v) is 2.47. The van der Waals surface area contributed by atoms with E-state index in [9.17, 15) is 14.4 Å². The first-order chi connectivity index (χ1) is 12.0. The highest BCUT2D eigenvalue weighted by molar-refractivity contribution is 5.97. The molecule has 0 saturated carbocycles. The van der Waals surface area contributed by atoms with Crippen LogP contribution in [0.4, 0.5) is 4.79 Å². The highest BCUT2D eigenvalue weighted by Gasteiger charge is 2.36. The van der Waals surface area contributed by atoms with E-state index in [0.717, 1.165) is 10.5 Å². The Morgan fingerprint density at radius 3 is 2.23 bits per heavy atom. The fraction of sp³-hybridized carbons (Fsp3) is 0.550. The number of benzene rings is 1. The molecule has 6 heteroatoms. The van der Waals surface area contributed by atoms with Crippen molar-refractivity contribution in [3.8, 4) is 0 Å². The van der Waals surface area contributed by atoms with E-state index in [2.05, 4.69) is 0 Å². The van der Waals surface area contributed by atoms with Crippen LogP contribution in [0.15, 0.2) is 30.3 Å². The topological polar surface area (TPSA) is 89.7 Å². The highest BCUT2D eigenvalue weighted by atomic mass is 16.6. The second-order valence-corrected chi connectivity index (χ2v) is 7.75. The summed E-state index contributed by atoms with van der Waals surface area (Å²) in [6.45, 7) is 8.87. The standard InChI is InChI=1S/C20H29N2O4/c1-14(2)11-16(13-23)22(19(25)26-20(3,4)5)18(24)17(21)12-15-9-7-6-8-10-15/h6-10,14,16-17H,11-12,21H2,1-5H3/t16-,17-/m0/s1. The molecule has 0 aromatic heterocycles. The normalized spacial score (nSPS) is 13.8. The third kappa shape index (κ3) is 6.96. The van der Waals surface area contributed by atoms with Crippen LogP contribution in [0.3, 0.4) is 0 Å². The number of imide groups is 1. The van der Waals surface area contributed by atoms with Crippen molar-refractivity contribution in [3.63, 3.8) is 0 Å². The lowest BCUT2D eigenvalue weighted by atomic mass is 10.0. The molecule has 0 spiro atoms. The molecule has 0 aliphatic carbocycles. The Labute approximate surface area is 155 Å². The lowest BCUT2D eigenvalue weighted by Gasteiger charge is -2.31.